The molecule has 0 aliphatic carbocycles. The van der Waals surface area contributed by atoms with E-state index in [9.17, 15) is 13.6 Å². The number of benzene rings is 1. The molecule has 1 aromatic carbocycles. The number of fused-ring (bicyclic) bond motifs is 1. The Bertz CT molecular complexity index is 1120. The van der Waals surface area contributed by atoms with Crippen molar-refractivity contribution in [2.24, 2.45) is 0 Å². The number of carbonyl (C=O) groups is 1. The van der Waals surface area contributed by atoms with Crippen LogP contribution in [-0.2, 0) is 4.74 Å². The first-order valence-corrected chi connectivity index (χ1v) is 9.13. The summed E-state index contributed by atoms with van der Waals surface area (Å²) in [6.07, 6.45) is 0.372. The fraction of sp³-hybridized carbons (Fsp3) is 0.300. The number of nitriles is 1. The highest BCUT2D eigenvalue weighted by Gasteiger charge is 2.35. The molecule has 148 valence electrons. The van der Waals surface area contributed by atoms with E-state index >= 15 is 0 Å². The van der Waals surface area contributed by atoms with Gasteiger partial charge in [-0.15, -0.1) is 5.10 Å². The maximum atomic E-state index is 14.3. The van der Waals surface area contributed by atoms with Crippen molar-refractivity contribution in [3.8, 4) is 6.07 Å². The van der Waals surface area contributed by atoms with E-state index in [2.05, 4.69) is 10.1 Å². The average molecular weight is 397 g/mol. The summed E-state index contributed by atoms with van der Waals surface area (Å²) in [7, 11) is 0. The van der Waals surface area contributed by atoms with Gasteiger partial charge in [-0.25, -0.2) is 23.1 Å². The molecule has 1 aliphatic heterocycles. The number of ether oxygens (including phenoxy) is 1. The monoisotopic (exact) mass is 397 g/mol. The summed E-state index contributed by atoms with van der Waals surface area (Å²) in [4.78, 5) is 18.0. The number of halogens is 2. The van der Waals surface area contributed by atoms with Gasteiger partial charge in [0.1, 0.15) is 17.8 Å². The Morgan fingerprint density at radius 3 is 2.97 bits per heavy atom. The molecule has 0 spiro atoms. The average Bonchev–Trinajstić information content (AvgIpc) is 3.30. The first-order chi connectivity index (χ1) is 14.0. The molecule has 0 radical (unpaired) electrons. The van der Waals surface area contributed by atoms with Crippen LogP contribution in [0.25, 0.3) is 5.65 Å². The molecular weight excluding hydrogens is 380 g/mol. The lowest BCUT2D eigenvalue weighted by molar-refractivity contribution is 0.0516. The van der Waals surface area contributed by atoms with E-state index in [-0.39, 0.29) is 30.8 Å². The zero-order chi connectivity index (χ0) is 20.5. The lowest BCUT2D eigenvalue weighted by Crippen LogP contribution is -2.25. The summed E-state index contributed by atoms with van der Waals surface area (Å²) < 4.78 is 34.6. The normalized spacial score (nSPS) is 18.8. The first kappa shape index (κ1) is 18.8. The van der Waals surface area contributed by atoms with Gasteiger partial charge in [0.25, 0.3) is 0 Å². The van der Waals surface area contributed by atoms with Crippen molar-refractivity contribution in [2.75, 3.05) is 18.1 Å². The lowest BCUT2D eigenvalue weighted by atomic mass is 10.0. The van der Waals surface area contributed by atoms with E-state index < -0.39 is 24.0 Å². The van der Waals surface area contributed by atoms with Gasteiger partial charge in [-0.3, -0.25) is 0 Å². The van der Waals surface area contributed by atoms with E-state index in [1.165, 1.54) is 16.8 Å². The van der Waals surface area contributed by atoms with Crippen LogP contribution >= 0.6 is 0 Å². The van der Waals surface area contributed by atoms with Crippen LogP contribution in [0.5, 0.6) is 0 Å². The van der Waals surface area contributed by atoms with E-state index in [0.29, 0.717) is 17.0 Å². The Labute approximate surface area is 165 Å². The summed E-state index contributed by atoms with van der Waals surface area (Å²) in [5.41, 5.74) is 1.28. The standard InChI is InChI=1S/C20H17F2N5O2/c1-2-29-20(28)17-10-24-18-3-4-19(25-27(17)18)26-11-15(22)8-16(26)13-5-12(9-23)6-14(21)7-13/h3-7,10,15-16H,2,8,11H2,1H3. The molecule has 0 N–H and O–H groups in total. The summed E-state index contributed by atoms with van der Waals surface area (Å²) in [6.45, 7) is 1.97. The third-order valence-electron chi connectivity index (χ3n) is 4.81. The Morgan fingerprint density at radius 1 is 1.38 bits per heavy atom. The highest BCUT2D eigenvalue weighted by Crippen LogP contribution is 2.37. The Morgan fingerprint density at radius 2 is 2.21 bits per heavy atom. The molecule has 3 heterocycles. The third kappa shape index (κ3) is 3.49. The molecule has 0 amide bonds. The molecule has 2 aromatic heterocycles. The minimum absolute atomic E-state index is 0.0605. The molecule has 0 bridgehead atoms. The third-order valence-corrected chi connectivity index (χ3v) is 4.81. The van der Waals surface area contributed by atoms with Gasteiger partial charge >= 0.3 is 5.97 Å². The second kappa shape index (κ2) is 7.47. The predicted molar refractivity (Wildman–Crippen MR) is 99.7 cm³/mol. The van der Waals surface area contributed by atoms with E-state index in [0.717, 1.165) is 6.07 Å². The molecule has 0 saturated carbocycles. The zero-order valence-electron chi connectivity index (χ0n) is 15.5. The number of esters is 1. The number of hydrogen-bond donors (Lipinski definition) is 0. The van der Waals surface area contributed by atoms with Crippen LogP contribution in [0.3, 0.4) is 0 Å². The zero-order valence-corrected chi connectivity index (χ0v) is 15.5. The smallest absolute Gasteiger partial charge is 0.358 e. The van der Waals surface area contributed by atoms with E-state index in [4.69, 9.17) is 10.00 Å². The number of rotatable bonds is 4. The van der Waals surface area contributed by atoms with Crippen LogP contribution in [0.1, 0.15) is 41.0 Å². The van der Waals surface area contributed by atoms with Gasteiger partial charge in [-0.05, 0) is 42.8 Å². The molecule has 4 rings (SSSR count). The molecular formula is C20H17F2N5O2. The minimum Gasteiger partial charge on any atom is -0.461 e. The number of aromatic nitrogens is 3. The van der Waals surface area contributed by atoms with Crippen molar-refractivity contribution in [1.82, 2.24) is 14.6 Å². The van der Waals surface area contributed by atoms with Crippen molar-refractivity contribution in [1.29, 1.82) is 5.26 Å². The molecule has 1 aliphatic rings. The summed E-state index contributed by atoms with van der Waals surface area (Å²) >= 11 is 0. The Hall–Kier alpha value is -3.54. The number of hydrogen-bond acceptors (Lipinski definition) is 6. The predicted octanol–water partition coefficient (Wildman–Crippen LogP) is 3.21. The van der Waals surface area contributed by atoms with Crippen molar-refractivity contribution in [3.05, 3.63) is 59.2 Å². The molecule has 7 nitrogen and oxygen atoms in total. The van der Waals surface area contributed by atoms with Crippen LogP contribution in [-0.4, -0.2) is 39.9 Å². The fourth-order valence-corrected chi connectivity index (χ4v) is 3.58. The maximum Gasteiger partial charge on any atom is 0.358 e. The van der Waals surface area contributed by atoms with Gasteiger partial charge < -0.3 is 9.64 Å². The minimum atomic E-state index is -1.14. The first-order valence-electron chi connectivity index (χ1n) is 9.13. The Kier molecular flexibility index (Phi) is 4.84. The fourth-order valence-electron chi connectivity index (χ4n) is 3.58. The van der Waals surface area contributed by atoms with E-state index in [1.807, 2.05) is 6.07 Å². The maximum absolute atomic E-state index is 14.3. The summed E-state index contributed by atoms with van der Waals surface area (Å²) in [6, 6.07) is 8.76. The van der Waals surface area contributed by atoms with Gasteiger partial charge in [-0.1, -0.05) is 0 Å². The molecule has 9 heteroatoms. The van der Waals surface area contributed by atoms with Gasteiger partial charge in [0, 0.05) is 6.42 Å². The van der Waals surface area contributed by atoms with Crippen LogP contribution in [0, 0.1) is 17.1 Å². The van der Waals surface area contributed by atoms with Gasteiger partial charge in [0.15, 0.2) is 11.3 Å². The molecule has 2 atom stereocenters. The molecule has 29 heavy (non-hydrogen) atoms. The number of carbonyl (C=O) groups excluding carboxylic acids is 1. The van der Waals surface area contributed by atoms with Crippen LogP contribution in [0.2, 0.25) is 0 Å². The van der Waals surface area contributed by atoms with Crippen molar-refractivity contribution >= 4 is 17.4 Å². The second-order valence-corrected chi connectivity index (χ2v) is 6.71. The van der Waals surface area contributed by atoms with Crippen LogP contribution in [0.4, 0.5) is 14.6 Å². The van der Waals surface area contributed by atoms with Crippen LogP contribution < -0.4 is 4.90 Å². The molecule has 3 aromatic rings. The topological polar surface area (TPSA) is 83.5 Å². The molecule has 2 unspecified atom stereocenters. The number of nitrogens with zero attached hydrogens (tertiary/aromatic N) is 5. The highest BCUT2D eigenvalue weighted by atomic mass is 19.1. The SMILES string of the molecule is CCOC(=O)c1cnc2ccc(N3CC(F)CC3c3cc(F)cc(C#N)c3)nn12. The van der Waals surface area contributed by atoms with Crippen molar-refractivity contribution in [3.63, 3.8) is 0 Å². The lowest BCUT2D eigenvalue weighted by Gasteiger charge is -2.25. The quantitative estimate of drug-likeness (QED) is 0.629. The largest absolute Gasteiger partial charge is 0.461 e. The second-order valence-electron chi connectivity index (χ2n) is 6.71. The summed E-state index contributed by atoms with van der Waals surface area (Å²) in [5, 5.41) is 13.6. The van der Waals surface area contributed by atoms with Crippen molar-refractivity contribution in [2.45, 2.75) is 25.6 Å². The van der Waals surface area contributed by atoms with Gasteiger partial charge in [0.05, 0.1) is 37.0 Å². The molecule has 1 fully saturated rings. The Balaban J connectivity index is 1.75. The van der Waals surface area contributed by atoms with Gasteiger partial charge in [-0.2, -0.15) is 5.26 Å². The van der Waals surface area contributed by atoms with Crippen LogP contribution in [0.15, 0.2) is 36.5 Å². The van der Waals surface area contributed by atoms with Gasteiger partial charge in [0.2, 0.25) is 0 Å². The highest BCUT2D eigenvalue weighted by molar-refractivity contribution is 5.88. The number of alkyl halides is 1. The molecule has 1 saturated heterocycles. The summed E-state index contributed by atoms with van der Waals surface area (Å²) in [5.74, 6) is -0.701. The number of anilines is 1. The number of imidazole rings is 1. The van der Waals surface area contributed by atoms with E-state index in [1.54, 1.807) is 30.0 Å². The van der Waals surface area contributed by atoms with Crippen molar-refractivity contribution < 1.29 is 18.3 Å².